The van der Waals surface area contributed by atoms with Crippen molar-refractivity contribution < 1.29 is 9.53 Å². The van der Waals surface area contributed by atoms with E-state index in [-0.39, 0.29) is 18.1 Å². The first-order valence-electron chi connectivity index (χ1n) is 7.67. The van der Waals surface area contributed by atoms with Crippen LogP contribution in [-0.2, 0) is 9.53 Å². The normalized spacial score (nSPS) is 24.5. The molecule has 2 aliphatic heterocycles. The second-order valence-electron chi connectivity index (χ2n) is 5.81. The van der Waals surface area contributed by atoms with E-state index in [1.807, 2.05) is 9.80 Å². The van der Waals surface area contributed by atoms with Crippen LogP contribution in [0.1, 0.15) is 24.8 Å². The van der Waals surface area contributed by atoms with Gasteiger partial charge in [-0.1, -0.05) is 0 Å². The number of ether oxygens (including phenoxy) is 1. The lowest BCUT2D eigenvalue weighted by Gasteiger charge is -2.28. The van der Waals surface area contributed by atoms with E-state index < -0.39 is 0 Å². The summed E-state index contributed by atoms with van der Waals surface area (Å²) in [6.07, 6.45) is 4.46. The minimum absolute atomic E-state index is 0.0177. The van der Waals surface area contributed by atoms with Crippen LogP contribution < -0.4 is 4.90 Å². The topological polar surface area (TPSA) is 69.5 Å². The molecule has 2 fully saturated rings. The molecule has 116 valence electrons. The van der Waals surface area contributed by atoms with Crippen LogP contribution >= 0.6 is 0 Å². The molecular weight excluding hydrogens is 280 g/mol. The molecule has 1 amide bonds. The highest BCUT2D eigenvalue weighted by Crippen LogP contribution is 2.28. The van der Waals surface area contributed by atoms with Crippen LogP contribution in [0.25, 0.3) is 0 Å². The van der Waals surface area contributed by atoms with E-state index in [1.54, 1.807) is 25.4 Å². The lowest BCUT2D eigenvalue weighted by Crippen LogP contribution is -2.45. The summed E-state index contributed by atoms with van der Waals surface area (Å²) in [5.41, 5.74) is 0.554. The molecule has 2 atom stereocenters. The van der Waals surface area contributed by atoms with E-state index in [4.69, 9.17) is 10.00 Å². The molecule has 0 saturated carbocycles. The molecule has 2 aliphatic rings. The highest BCUT2D eigenvalue weighted by atomic mass is 16.5. The Balaban J connectivity index is 1.85. The fourth-order valence-electron chi connectivity index (χ4n) is 3.25. The summed E-state index contributed by atoms with van der Waals surface area (Å²) in [7, 11) is 1.67. The average molecular weight is 300 g/mol. The third kappa shape index (κ3) is 2.77. The second-order valence-corrected chi connectivity index (χ2v) is 5.81. The van der Waals surface area contributed by atoms with Crippen molar-refractivity contribution in [2.24, 2.45) is 0 Å². The molecule has 6 nitrogen and oxygen atoms in total. The zero-order valence-electron chi connectivity index (χ0n) is 12.7. The van der Waals surface area contributed by atoms with Gasteiger partial charge in [-0.2, -0.15) is 5.26 Å². The number of hydrogen-bond donors (Lipinski definition) is 0. The molecule has 0 radical (unpaired) electrons. The number of amides is 1. The monoisotopic (exact) mass is 300 g/mol. The number of likely N-dealkylation sites (tertiary alicyclic amines) is 1. The molecule has 1 aromatic heterocycles. The van der Waals surface area contributed by atoms with Crippen molar-refractivity contribution in [3.8, 4) is 6.07 Å². The van der Waals surface area contributed by atoms with Gasteiger partial charge in [-0.05, 0) is 25.0 Å². The van der Waals surface area contributed by atoms with Crippen LogP contribution in [0.4, 0.5) is 5.82 Å². The molecule has 22 heavy (non-hydrogen) atoms. The smallest absolute Gasteiger partial charge is 0.245 e. The summed E-state index contributed by atoms with van der Waals surface area (Å²) < 4.78 is 5.46. The Labute approximate surface area is 130 Å². The quantitative estimate of drug-likeness (QED) is 0.838. The third-order valence-corrected chi connectivity index (χ3v) is 4.47. The molecule has 3 heterocycles. The Kier molecular flexibility index (Phi) is 4.25. The van der Waals surface area contributed by atoms with Gasteiger partial charge in [0, 0.05) is 39.4 Å². The first-order chi connectivity index (χ1) is 10.7. The Morgan fingerprint density at radius 2 is 2.23 bits per heavy atom. The highest BCUT2D eigenvalue weighted by molar-refractivity contribution is 5.86. The van der Waals surface area contributed by atoms with Crippen molar-refractivity contribution in [1.82, 2.24) is 9.88 Å². The van der Waals surface area contributed by atoms with Gasteiger partial charge in [0.1, 0.15) is 11.9 Å². The van der Waals surface area contributed by atoms with Crippen LogP contribution in [0.2, 0.25) is 0 Å². The molecular formula is C16H20N4O2. The standard InChI is InChI=1S/C16H20N4O2/c1-22-13-9-14(16(21)19-6-2-3-7-19)20(11-13)15-8-12(10-17)4-5-18-15/h4-5,8,13-14H,2-3,6-7,9,11H2,1H3/t13-,14-/m0/s1. The predicted octanol–water partition coefficient (Wildman–Crippen LogP) is 1.17. The largest absolute Gasteiger partial charge is 0.380 e. The van der Waals surface area contributed by atoms with E-state index >= 15 is 0 Å². The molecule has 0 unspecified atom stereocenters. The van der Waals surface area contributed by atoms with Crippen LogP contribution in [0.5, 0.6) is 0 Å². The summed E-state index contributed by atoms with van der Waals surface area (Å²) >= 11 is 0. The van der Waals surface area contributed by atoms with E-state index in [1.165, 1.54) is 0 Å². The molecule has 0 bridgehead atoms. The SMILES string of the molecule is CO[C@H]1C[C@@H](C(=O)N2CCCC2)N(c2cc(C#N)ccn2)C1. The van der Waals surface area contributed by atoms with Crippen molar-refractivity contribution in [3.05, 3.63) is 23.9 Å². The van der Waals surface area contributed by atoms with Crippen LogP contribution in [-0.4, -0.2) is 54.7 Å². The number of rotatable bonds is 3. The summed E-state index contributed by atoms with van der Waals surface area (Å²) in [6, 6.07) is 5.29. The van der Waals surface area contributed by atoms with Gasteiger partial charge in [0.15, 0.2) is 0 Å². The number of pyridine rings is 1. The summed E-state index contributed by atoms with van der Waals surface area (Å²) in [6.45, 7) is 2.31. The van der Waals surface area contributed by atoms with Crippen molar-refractivity contribution in [2.45, 2.75) is 31.4 Å². The zero-order valence-corrected chi connectivity index (χ0v) is 12.7. The summed E-state index contributed by atoms with van der Waals surface area (Å²) in [5.74, 6) is 0.831. The van der Waals surface area contributed by atoms with Gasteiger partial charge in [-0.3, -0.25) is 4.79 Å². The fraction of sp³-hybridized carbons (Fsp3) is 0.562. The number of carbonyl (C=O) groups is 1. The molecule has 1 aromatic rings. The summed E-state index contributed by atoms with van der Waals surface area (Å²) in [4.78, 5) is 21.0. The van der Waals surface area contributed by atoms with Gasteiger partial charge in [-0.15, -0.1) is 0 Å². The van der Waals surface area contributed by atoms with Gasteiger partial charge >= 0.3 is 0 Å². The maximum Gasteiger partial charge on any atom is 0.245 e. The average Bonchev–Trinajstić information content (AvgIpc) is 3.23. The molecule has 6 heteroatoms. The molecule has 0 spiro atoms. The van der Waals surface area contributed by atoms with Crippen LogP contribution in [0, 0.1) is 11.3 Å². The molecule has 2 saturated heterocycles. The number of anilines is 1. The minimum atomic E-state index is -0.246. The van der Waals surface area contributed by atoms with E-state index in [9.17, 15) is 4.79 Å². The van der Waals surface area contributed by atoms with Crippen molar-refractivity contribution >= 4 is 11.7 Å². The van der Waals surface area contributed by atoms with Crippen molar-refractivity contribution in [2.75, 3.05) is 31.6 Å². The Bertz CT molecular complexity index is 592. The summed E-state index contributed by atoms with van der Waals surface area (Å²) in [5, 5.41) is 9.05. The number of nitriles is 1. The lowest BCUT2D eigenvalue weighted by molar-refractivity contribution is -0.131. The Hall–Kier alpha value is -2.13. The van der Waals surface area contributed by atoms with Gasteiger partial charge < -0.3 is 14.5 Å². The number of nitrogens with zero attached hydrogens (tertiary/aromatic N) is 4. The van der Waals surface area contributed by atoms with Crippen LogP contribution in [0.15, 0.2) is 18.3 Å². The number of aromatic nitrogens is 1. The molecule has 0 N–H and O–H groups in total. The van der Waals surface area contributed by atoms with Gasteiger partial charge in [-0.25, -0.2) is 4.98 Å². The molecule has 0 aromatic carbocycles. The van der Waals surface area contributed by atoms with Gasteiger partial charge in [0.2, 0.25) is 5.91 Å². The van der Waals surface area contributed by atoms with Gasteiger partial charge in [0.25, 0.3) is 0 Å². The molecule has 3 rings (SSSR count). The third-order valence-electron chi connectivity index (χ3n) is 4.47. The second kappa shape index (κ2) is 6.32. The Morgan fingerprint density at radius 3 is 2.91 bits per heavy atom. The van der Waals surface area contributed by atoms with Gasteiger partial charge in [0.05, 0.1) is 17.7 Å². The maximum absolute atomic E-state index is 12.8. The zero-order chi connectivity index (χ0) is 15.5. The Morgan fingerprint density at radius 1 is 1.45 bits per heavy atom. The van der Waals surface area contributed by atoms with E-state index in [2.05, 4.69) is 11.1 Å². The first-order valence-corrected chi connectivity index (χ1v) is 7.67. The lowest BCUT2D eigenvalue weighted by atomic mass is 10.1. The highest BCUT2D eigenvalue weighted by Gasteiger charge is 2.40. The molecule has 0 aliphatic carbocycles. The van der Waals surface area contributed by atoms with Crippen molar-refractivity contribution in [3.63, 3.8) is 0 Å². The minimum Gasteiger partial charge on any atom is -0.380 e. The van der Waals surface area contributed by atoms with E-state index in [0.717, 1.165) is 25.9 Å². The fourth-order valence-corrected chi connectivity index (χ4v) is 3.25. The number of methoxy groups -OCH3 is 1. The predicted molar refractivity (Wildman–Crippen MR) is 81.3 cm³/mol. The number of hydrogen-bond acceptors (Lipinski definition) is 5. The van der Waals surface area contributed by atoms with Crippen molar-refractivity contribution in [1.29, 1.82) is 5.26 Å². The number of carbonyl (C=O) groups excluding carboxylic acids is 1. The maximum atomic E-state index is 12.8. The first kappa shape index (κ1) is 14.8. The van der Waals surface area contributed by atoms with E-state index in [0.29, 0.717) is 24.3 Å². The van der Waals surface area contributed by atoms with Crippen LogP contribution in [0.3, 0.4) is 0 Å².